The zero-order valence-corrected chi connectivity index (χ0v) is 13.1. The molecule has 0 saturated heterocycles. The first-order valence-electron chi connectivity index (χ1n) is 7.21. The molecule has 1 rings (SSSR count). The van der Waals surface area contributed by atoms with E-state index < -0.39 is 9.84 Å². The number of nitrogens with two attached hydrogens (primary N) is 1. The second-order valence-corrected chi connectivity index (χ2v) is 8.76. The van der Waals surface area contributed by atoms with E-state index in [0.717, 1.165) is 25.7 Å². The molecule has 2 N–H and O–H groups in total. The van der Waals surface area contributed by atoms with Crippen molar-refractivity contribution in [2.75, 3.05) is 5.75 Å². The van der Waals surface area contributed by atoms with Crippen molar-refractivity contribution in [3.63, 3.8) is 0 Å². The molecule has 0 aromatic heterocycles. The third-order valence-electron chi connectivity index (χ3n) is 4.81. The lowest BCUT2D eigenvalue weighted by Gasteiger charge is -2.41. The van der Waals surface area contributed by atoms with Crippen molar-refractivity contribution in [1.82, 2.24) is 0 Å². The molecule has 0 heterocycles. The van der Waals surface area contributed by atoms with Crippen molar-refractivity contribution in [2.24, 2.45) is 17.1 Å². The van der Waals surface area contributed by atoms with E-state index in [9.17, 15) is 8.42 Å². The first kappa shape index (κ1) is 16.0. The number of rotatable bonds is 5. The summed E-state index contributed by atoms with van der Waals surface area (Å²) in [6.07, 6.45) is 4.45. The molecular formula is C14H29NO2S. The molecule has 1 aliphatic rings. The van der Waals surface area contributed by atoms with Crippen LogP contribution in [0.3, 0.4) is 0 Å². The summed E-state index contributed by atoms with van der Waals surface area (Å²) >= 11 is 0. The highest BCUT2D eigenvalue weighted by Gasteiger charge is 2.41. The molecule has 0 aliphatic heterocycles. The van der Waals surface area contributed by atoms with Crippen LogP contribution in [0.2, 0.25) is 0 Å². The molecule has 1 aliphatic carbocycles. The molecule has 0 spiro atoms. The van der Waals surface area contributed by atoms with Crippen molar-refractivity contribution in [3.05, 3.63) is 0 Å². The highest BCUT2D eigenvalue weighted by Crippen LogP contribution is 2.41. The van der Waals surface area contributed by atoms with Gasteiger partial charge >= 0.3 is 0 Å². The molecule has 18 heavy (non-hydrogen) atoms. The Morgan fingerprint density at radius 3 is 2.33 bits per heavy atom. The van der Waals surface area contributed by atoms with Crippen molar-refractivity contribution in [1.29, 1.82) is 0 Å². The van der Waals surface area contributed by atoms with E-state index >= 15 is 0 Å². The molecule has 1 fully saturated rings. The van der Waals surface area contributed by atoms with E-state index in [1.807, 2.05) is 6.92 Å². The van der Waals surface area contributed by atoms with E-state index in [4.69, 9.17) is 5.73 Å². The van der Waals surface area contributed by atoms with Gasteiger partial charge in [-0.1, -0.05) is 34.1 Å². The van der Waals surface area contributed by atoms with Crippen LogP contribution in [-0.2, 0) is 9.84 Å². The number of hydrogen-bond donors (Lipinski definition) is 1. The maximum absolute atomic E-state index is 12.3. The highest BCUT2D eigenvalue weighted by molar-refractivity contribution is 7.92. The molecule has 0 amide bonds. The standard InChI is InChI=1S/C14H29NO2S/c1-5-9-18(16,17)13-10-11(7-8-12(13)15)14(3,4)6-2/h11-13H,5-10,15H2,1-4H3. The van der Waals surface area contributed by atoms with E-state index in [1.54, 1.807) is 0 Å². The molecule has 3 atom stereocenters. The molecular weight excluding hydrogens is 246 g/mol. The first-order valence-corrected chi connectivity index (χ1v) is 8.93. The summed E-state index contributed by atoms with van der Waals surface area (Å²) in [5.74, 6) is 0.768. The lowest BCUT2D eigenvalue weighted by atomic mass is 9.69. The monoisotopic (exact) mass is 275 g/mol. The van der Waals surface area contributed by atoms with Gasteiger partial charge in [-0.05, 0) is 37.0 Å². The minimum absolute atomic E-state index is 0.162. The number of hydrogen-bond acceptors (Lipinski definition) is 3. The fourth-order valence-electron chi connectivity index (χ4n) is 3.00. The quantitative estimate of drug-likeness (QED) is 0.839. The van der Waals surface area contributed by atoms with Gasteiger partial charge in [-0.2, -0.15) is 0 Å². The van der Waals surface area contributed by atoms with Crippen LogP contribution >= 0.6 is 0 Å². The topological polar surface area (TPSA) is 60.2 Å². The van der Waals surface area contributed by atoms with Gasteiger partial charge in [0.05, 0.1) is 11.0 Å². The Morgan fingerprint density at radius 2 is 1.83 bits per heavy atom. The molecule has 4 heteroatoms. The van der Waals surface area contributed by atoms with Crippen molar-refractivity contribution in [2.45, 2.75) is 71.1 Å². The van der Waals surface area contributed by atoms with Gasteiger partial charge in [0.15, 0.2) is 9.84 Å². The Bertz CT molecular complexity index is 362. The maximum atomic E-state index is 12.3. The van der Waals surface area contributed by atoms with Crippen LogP contribution in [0.25, 0.3) is 0 Å². The van der Waals surface area contributed by atoms with Crippen molar-refractivity contribution in [3.8, 4) is 0 Å². The Labute approximate surface area is 112 Å². The SMILES string of the molecule is CCCS(=O)(=O)C1CC(C(C)(C)CC)CCC1N. The predicted octanol–water partition coefficient (Wildman–Crippen LogP) is 2.74. The third-order valence-corrected chi connectivity index (χ3v) is 7.25. The third kappa shape index (κ3) is 3.47. The van der Waals surface area contributed by atoms with Gasteiger partial charge in [0.1, 0.15) is 0 Å². The minimum Gasteiger partial charge on any atom is -0.327 e. The van der Waals surface area contributed by atoms with Crippen LogP contribution in [0, 0.1) is 11.3 Å². The Morgan fingerprint density at radius 1 is 1.22 bits per heavy atom. The van der Waals surface area contributed by atoms with E-state index in [2.05, 4.69) is 20.8 Å². The summed E-state index contributed by atoms with van der Waals surface area (Å²) in [7, 11) is -3.01. The smallest absolute Gasteiger partial charge is 0.154 e. The highest BCUT2D eigenvalue weighted by atomic mass is 32.2. The van der Waals surface area contributed by atoms with Gasteiger partial charge in [0.2, 0.25) is 0 Å². The Balaban J connectivity index is 2.86. The van der Waals surface area contributed by atoms with Crippen LogP contribution in [0.5, 0.6) is 0 Å². The summed E-state index contributed by atoms with van der Waals surface area (Å²) < 4.78 is 24.6. The second-order valence-electron chi connectivity index (χ2n) is 6.42. The van der Waals surface area contributed by atoms with Gasteiger partial charge in [0, 0.05) is 6.04 Å². The van der Waals surface area contributed by atoms with Gasteiger partial charge in [0.25, 0.3) is 0 Å². The molecule has 3 unspecified atom stereocenters. The fraction of sp³-hybridized carbons (Fsp3) is 1.00. The lowest BCUT2D eigenvalue weighted by Crippen LogP contribution is -2.48. The molecule has 0 bridgehead atoms. The van der Waals surface area contributed by atoms with Crippen LogP contribution in [0.1, 0.15) is 59.8 Å². The summed E-state index contributed by atoms with van der Waals surface area (Å²) in [5, 5.41) is -0.318. The van der Waals surface area contributed by atoms with Crippen molar-refractivity contribution < 1.29 is 8.42 Å². The van der Waals surface area contributed by atoms with Crippen molar-refractivity contribution >= 4 is 9.84 Å². The summed E-state index contributed by atoms with van der Waals surface area (Å²) in [6, 6.07) is -0.162. The Kier molecular flexibility index (Phi) is 5.24. The van der Waals surface area contributed by atoms with Crippen LogP contribution in [0.4, 0.5) is 0 Å². The molecule has 0 aromatic rings. The lowest BCUT2D eigenvalue weighted by molar-refractivity contribution is 0.146. The zero-order valence-electron chi connectivity index (χ0n) is 12.3. The van der Waals surface area contributed by atoms with Gasteiger partial charge < -0.3 is 5.73 Å². The Hall–Kier alpha value is -0.0900. The van der Waals surface area contributed by atoms with Crippen LogP contribution in [0.15, 0.2) is 0 Å². The molecule has 0 radical (unpaired) electrons. The molecule has 0 aromatic carbocycles. The van der Waals surface area contributed by atoms with Gasteiger partial charge in [-0.3, -0.25) is 0 Å². The van der Waals surface area contributed by atoms with Gasteiger partial charge in [-0.25, -0.2) is 8.42 Å². The maximum Gasteiger partial charge on any atom is 0.154 e. The molecule has 1 saturated carbocycles. The minimum atomic E-state index is -3.01. The normalized spacial score (nSPS) is 30.4. The summed E-state index contributed by atoms with van der Waals surface area (Å²) in [5.41, 5.74) is 6.29. The number of sulfone groups is 1. The van der Waals surface area contributed by atoms with E-state index in [1.165, 1.54) is 0 Å². The zero-order chi connectivity index (χ0) is 14.0. The van der Waals surface area contributed by atoms with Crippen LogP contribution in [-0.4, -0.2) is 25.5 Å². The summed E-state index contributed by atoms with van der Waals surface area (Å²) in [6.45, 7) is 8.60. The molecule has 3 nitrogen and oxygen atoms in total. The largest absolute Gasteiger partial charge is 0.327 e. The average molecular weight is 275 g/mol. The fourth-order valence-corrected chi connectivity index (χ4v) is 5.07. The first-order chi connectivity index (χ1) is 8.24. The van der Waals surface area contributed by atoms with E-state index in [-0.39, 0.29) is 22.5 Å². The van der Waals surface area contributed by atoms with Crippen LogP contribution < -0.4 is 5.73 Å². The second kappa shape index (κ2) is 5.91. The van der Waals surface area contributed by atoms with E-state index in [0.29, 0.717) is 12.3 Å². The molecule has 108 valence electrons. The summed E-state index contributed by atoms with van der Waals surface area (Å²) in [4.78, 5) is 0. The predicted molar refractivity (Wildman–Crippen MR) is 77.3 cm³/mol. The average Bonchev–Trinajstić information content (AvgIpc) is 2.29. The van der Waals surface area contributed by atoms with Gasteiger partial charge in [-0.15, -0.1) is 0 Å².